The lowest BCUT2D eigenvalue weighted by molar-refractivity contribution is 0.242. The number of sulfonamides is 1. The average molecular weight is 364 g/mol. The third-order valence-corrected chi connectivity index (χ3v) is 5.16. The molecule has 1 aliphatic heterocycles. The fraction of sp³-hybridized carbons (Fsp3) is 0.545. The molecule has 4 N–H and O–H groups in total. The Balaban J connectivity index is 2.24. The highest BCUT2D eigenvalue weighted by Gasteiger charge is 2.26. The van der Waals surface area contributed by atoms with E-state index in [1.165, 1.54) is 12.3 Å². The van der Waals surface area contributed by atoms with E-state index in [9.17, 15) is 8.42 Å². The van der Waals surface area contributed by atoms with Crippen molar-refractivity contribution < 1.29 is 8.42 Å². The molecule has 0 spiro atoms. The Kier molecular flexibility index (Phi) is 4.97. The SMILES string of the molecule is CN1CCCC(NS(=O)(=O)c2cc(Br)cnc2NN)C1. The number of nitrogens with zero attached hydrogens (tertiary/aromatic N) is 2. The Morgan fingerprint density at radius 2 is 2.30 bits per heavy atom. The molecule has 1 saturated heterocycles. The van der Waals surface area contributed by atoms with Gasteiger partial charge in [-0.25, -0.2) is 24.0 Å². The van der Waals surface area contributed by atoms with E-state index in [-0.39, 0.29) is 16.8 Å². The molecular weight excluding hydrogens is 346 g/mol. The summed E-state index contributed by atoms with van der Waals surface area (Å²) in [5.74, 6) is 5.45. The van der Waals surface area contributed by atoms with Gasteiger partial charge in [-0.3, -0.25) is 0 Å². The lowest BCUT2D eigenvalue weighted by Gasteiger charge is -2.30. The number of rotatable bonds is 4. The molecule has 0 aliphatic carbocycles. The second-order valence-corrected chi connectivity index (χ2v) is 7.47. The summed E-state index contributed by atoms with van der Waals surface area (Å²) in [6.07, 6.45) is 3.29. The topological polar surface area (TPSA) is 100 Å². The van der Waals surface area contributed by atoms with Crippen molar-refractivity contribution in [2.45, 2.75) is 23.8 Å². The quantitative estimate of drug-likeness (QED) is 0.532. The Labute approximate surface area is 127 Å². The molecule has 1 aromatic heterocycles. The highest BCUT2D eigenvalue weighted by molar-refractivity contribution is 9.10. The van der Waals surface area contributed by atoms with E-state index in [0.29, 0.717) is 11.0 Å². The van der Waals surface area contributed by atoms with E-state index in [1.54, 1.807) is 0 Å². The van der Waals surface area contributed by atoms with Crippen molar-refractivity contribution >= 4 is 31.8 Å². The van der Waals surface area contributed by atoms with Gasteiger partial charge in [0.2, 0.25) is 10.0 Å². The van der Waals surface area contributed by atoms with Gasteiger partial charge in [0.1, 0.15) is 4.90 Å². The molecule has 1 aliphatic rings. The Morgan fingerprint density at radius 1 is 1.55 bits per heavy atom. The molecule has 1 fully saturated rings. The van der Waals surface area contributed by atoms with Crippen LogP contribution in [0.25, 0.3) is 0 Å². The van der Waals surface area contributed by atoms with Crippen LogP contribution in [0.15, 0.2) is 21.6 Å². The number of nitrogens with one attached hydrogen (secondary N) is 2. The molecule has 2 heterocycles. The molecule has 0 aromatic carbocycles. The lowest BCUT2D eigenvalue weighted by atomic mass is 10.1. The predicted octanol–water partition coefficient (Wildman–Crippen LogP) is 0.502. The number of pyridine rings is 1. The minimum atomic E-state index is -3.66. The molecule has 2 rings (SSSR count). The number of nitrogen functional groups attached to an aromatic ring is 1. The minimum absolute atomic E-state index is 0.0441. The molecule has 20 heavy (non-hydrogen) atoms. The van der Waals surface area contributed by atoms with Crippen LogP contribution in [0.1, 0.15) is 12.8 Å². The number of piperidine rings is 1. The number of likely N-dealkylation sites (tertiary alicyclic amines) is 1. The molecule has 0 bridgehead atoms. The second-order valence-electron chi connectivity index (χ2n) is 4.87. The monoisotopic (exact) mass is 363 g/mol. The number of halogens is 1. The third-order valence-electron chi connectivity index (χ3n) is 3.19. The normalized spacial score (nSPS) is 20.9. The van der Waals surface area contributed by atoms with Crippen LogP contribution in [0.4, 0.5) is 5.82 Å². The molecule has 0 radical (unpaired) electrons. The van der Waals surface area contributed by atoms with Crippen LogP contribution < -0.4 is 16.0 Å². The minimum Gasteiger partial charge on any atom is -0.307 e. The summed E-state index contributed by atoms with van der Waals surface area (Å²) in [5, 5.41) is 0. The molecule has 1 unspecified atom stereocenters. The van der Waals surface area contributed by atoms with Gasteiger partial charge in [-0.2, -0.15) is 0 Å². The smallest absolute Gasteiger partial charge is 0.244 e. The van der Waals surface area contributed by atoms with Crippen molar-refractivity contribution in [3.63, 3.8) is 0 Å². The molecule has 1 aromatic rings. The van der Waals surface area contributed by atoms with Gasteiger partial charge in [0.05, 0.1) is 0 Å². The van der Waals surface area contributed by atoms with Crippen LogP contribution in [0.2, 0.25) is 0 Å². The summed E-state index contributed by atoms with van der Waals surface area (Å²) in [6, 6.07) is 1.39. The zero-order valence-corrected chi connectivity index (χ0v) is 13.5. The first-order chi connectivity index (χ1) is 9.42. The van der Waals surface area contributed by atoms with Crippen LogP contribution in [0, 0.1) is 0 Å². The Bertz CT molecular complexity index is 580. The molecule has 112 valence electrons. The van der Waals surface area contributed by atoms with Gasteiger partial charge in [0.25, 0.3) is 0 Å². The van der Waals surface area contributed by atoms with Crippen LogP contribution >= 0.6 is 15.9 Å². The molecule has 0 saturated carbocycles. The first-order valence-corrected chi connectivity index (χ1v) is 8.53. The summed E-state index contributed by atoms with van der Waals surface area (Å²) < 4.78 is 28.2. The maximum absolute atomic E-state index is 12.5. The van der Waals surface area contributed by atoms with E-state index in [4.69, 9.17) is 5.84 Å². The van der Waals surface area contributed by atoms with Crippen molar-refractivity contribution in [2.24, 2.45) is 5.84 Å². The van der Waals surface area contributed by atoms with Gasteiger partial charge in [-0.05, 0) is 48.4 Å². The number of aromatic nitrogens is 1. The number of likely N-dealkylation sites (N-methyl/N-ethyl adjacent to an activating group) is 1. The summed E-state index contributed by atoms with van der Waals surface area (Å²) in [4.78, 5) is 6.11. The molecule has 7 nitrogen and oxygen atoms in total. The fourth-order valence-corrected chi connectivity index (χ4v) is 4.17. The van der Waals surface area contributed by atoms with Crippen molar-refractivity contribution in [1.29, 1.82) is 0 Å². The number of nitrogens with two attached hydrogens (primary N) is 1. The number of hydrazine groups is 1. The zero-order valence-electron chi connectivity index (χ0n) is 11.1. The van der Waals surface area contributed by atoms with Crippen molar-refractivity contribution in [3.05, 3.63) is 16.7 Å². The number of anilines is 1. The third kappa shape index (κ3) is 3.67. The van der Waals surface area contributed by atoms with Gasteiger partial charge in [0.15, 0.2) is 5.82 Å². The maximum atomic E-state index is 12.5. The van der Waals surface area contributed by atoms with Gasteiger partial charge in [-0.1, -0.05) is 0 Å². The van der Waals surface area contributed by atoms with Crippen LogP contribution in [0.5, 0.6) is 0 Å². The van der Waals surface area contributed by atoms with Gasteiger partial charge < -0.3 is 10.3 Å². The van der Waals surface area contributed by atoms with Crippen molar-refractivity contribution in [3.8, 4) is 0 Å². The van der Waals surface area contributed by atoms with Crippen molar-refractivity contribution in [2.75, 3.05) is 25.6 Å². The molecule has 1 atom stereocenters. The standard InChI is InChI=1S/C11H18BrN5O2S/c1-17-4-2-3-9(7-17)16-20(18,19)10-5-8(12)6-14-11(10)15-13/h5-6,9,16H,2-4,7,13H2,1H3,(H,14,15). The van der Waals surface area contributed by atoms with E-state index in [0.717, 1.165) is 19.4 Å². The van der Waals surface area contributed by atoms with Crippen molar-refractivity contribution in [1.82, 2.24) is 14.6 Å². The largest absolute Gasteiger partial charge is 0.307 e. The van der Waals surface area contributed by atoms with Gasteiger partial charge >= 0.3 is 0 Å². The molecule has 9 heteroatoms. The maximum Gasteiger partial charge on any atom is 0.244 e. The van der Waals surface area contributed by atoms with Gasteiger partial charge in [0, 0.05) is 23.3 Å². The first-order valence-electron chi connectivity index (χ1n) is 6.25. The fourth-order valence-electron chi connectivity index (χ4n) is 2.28. The predicted molar refractivity (Wildman–Crippen MR) is 80.6 cm³/mol. The second kappa shape index (κ2) is 6.35. The Morgan fingerprint density at radius 3 is 2.95 bits per heavy atom. The van der Waals surface area contributed by atoms with Gasteiger partial charge in [-0.15, -0.1) is 0 Å². The summed E-state index contributed by atoms with van der Waals surface area (Å²) >= 11 is 3.22. The van der Waals surface area contributed by atoms with Crippen LogP contribution in [-0.2, 0) is 10.0 Å². The molecular formula is C11H18BrN5O2S. The summed E-state index contributed by atoms with van der Waals surface area (Å²) in [5.41, 5.74) is 2.31. The van der Waals surface area contributed by atoms with Crippen LogP contribution in [-0.4, -0.2) is 44.5 Å². The van der Waals surface area contributed by atoms with E-state index in [2.05, 4.69) is 36.0 Å². The number of hydrogen-bond acceptors (Lipinski definition) is 6. The number of hydrogen-bond donors (Lipinski definition) is 3. The zero-order chi connectivity index (χ0) is 14.8. The van der Waals surface area contributed by atoms with Crippen LogP contribution in [0.3, 0.4) is 0 Å². The molecule has 0 amide bonds. The summed E-state index contributed by atoms with van der Waals surface area (Å²) in [6.45, 7) is 1.69. The summed E-state index contributed by atoms with van der Waals surface area (Å²) in [7, 11) is -1.68. The first kappa shape index (κ1) is 15.6. The van der Waals surface area contributed by atoms with E-state index < -0.39 is 10.0 Å². The van der Waals surface area contributed by atoms with E-state index in [1.807, 2.05) is 7.05 Å². The highest BCUT2D eigenvalue weighted by atomic mass is 79.9. The highest BCUT2D eigenvalue weighted by Crippen LogP contribution is 2.23. The average Bonchev–Trinajstić information content (AvgIpc) is 2.38. The van der Waals surface area contributed by atoms with E-state index >= 15 is 0 Å². The lowest BCUT2D eigenvalue weighted by Crippen LogP contribution is -2.46. The Hall–Kier alpha value is -0.740.